The largest absolute Gasteiger partial charge is 0.748 e. The first-order valence-electron chi connectivity index (χ1n) is 15.8. The van der Waals surface area contributed by atoms with E-state index in [0.717, 1.165) is 13.0 Å². The minimum absolute atomic E-state index is 0.304. The van der Waals surface area contributed by atoms with E-state index >= 15 is 0 Å². The van der Waals surface area contributed by atoms with Gasteiger partial charge in [-0.3, -0.25) is 0 Å². The first-order valence-corrected chi connectivity index (χ1v) is 17.4. The zero-order valence-electron chi connectivity index (χ0n) is 25.7. The van der Waals surface area contributed by atoms with E-state index in [0.29, 0.717) is 11.0 Å². The highest BCUT2D eigenvalue weighted by Crippen LogP contribution is 2.13. The average molecular weight is 549 g/mol. The van der Waals surface area contributed by atoms with Gasteiger partial charge in [0.15, 0.2) is 0 Å². The first kappa shape index (κ1) is 39.0. The van der Waals surface area contributed by atoms with E-state index < -0.39 is 22.0 Å². The van der Waals surface area contributed by atoms with Gasteiger partial charge < -0.3 is 14.1 Å². The lowest BCUT2D eigenvalue weighted by molar-refractivity contribution is -0.893. The predicted molar refractivity (Wildman–Crippen MR) is 161 cm³/mol. The fraction of sp³-hybridized carbons (Fsp3) is 0.968. The Morgan fingerprint density at radius 3 is 1.43 bits per heavy atom. The standard InChI is InChI=1S/C17H37NO4S.C14H29/c1-4-5-6-7-8-9-10-11-12-13-14-18(2,3)15-17(19)16-23(20,21)22;1-3-5-7-9-11-13-14-12-10-8-6-4-2/h17,19H,4-16H2,1-3H3;5H,3-4,6-14H2,1-2H3. The Labute approximate surface area is 233 Å². The molecule has 37 heavy (non-hydrogen) atoms. The van der Waals surface area contributed by atoms with Gasteiger partial charge in [0, 0.05) is 0 Å². The Kier molecular flexibility index (Phi) is 28.9. The zero-order valence-corrected chi connectivity index (χ0v) is 26.5. The molecule has 1 unspecified atom stereocenters. The smallest absolute Gasteiger partial charge is 0.116 e. The fourth-order valence-electron chi connectivity index (χ4n) is 4.78. The average Bonchev–Trinajstić information content (AvgIpc) is 2.80. The molecule has 0 saturated heterocycles. The topological polar surface area (TPSA) is 77.4 Å². The quantitative estimate of drug-likeness (QED) is 0.0668. The molecule has 0 saturated carbocycles. The van der Waals surface area contributed by atoms with Crippen molar-refractivity contribution in [1.82, 2.24) is 0 Å². The van der Waals surface area contributed by atoms with Crippen molar-refractivity contribution < 1.29 is 22.6 Å². The molecule has 0 spiro atoms. The van der Waals surface area contributed by atoms with Crippen LogP contribution >= 0.6 is 0 Å². The molecule has 0 bridgehead atoms. The van der Waals surface area contributed by atoms with Crippen LogP contribution in [0, 0.1) is 6.42 Å². The van der Waals surface area contributed by atoms with Crippen LogP contribution < -0.4 is 0 Å². The maximum atomic E-state index is 10.6. The van der Waals surface area contributed by atoms with Crippen molar-refractivity contribution in [3.05, 3.63) is 6.42 Å². The lowest BCUT2D eigenvalue weighted by atomic mass is 10.1. The van der Waals surface area contributed by atoms with Crippen LogP contribution in [0.4, 0.5) is 0 Å². The van der Waals surface area contributed by atoms with Crippen LogP contribution in [0.3, 0.4) is 0 Å². The third-order valence-electron chi connectivity index (χ3n) is 7.02. The summed E-state index contributed by atoms with van der Waals surface area (Å²) in [5, 5.41) is 9.69. The van der Waals surface area contributed by atoms with Gasteiger partial charge in [-0.15, -0.1) is 0 Å². The summed E-state index contributed by atoms with van der Waals surface area (Å²) in [5.74, 6) is -0.688. The molecule has 5 nitrogen and oxygen atoms in total. The van der Waals surface area contributed by atoms with Crippen LogP contribution in [0.5, 0.6) is 0 Å². The molecule has 0 aromatic carbocycles. The second-order valence-electron chi connectivity index (χ2n) is 11.7. The van der Waals surface area contributed by atoms with Crippen molar-refractivity contribution in [3.63, 3.8) is 0 Å². The molecule has 0 aromatic rings. The Morgan fingerprint density at radius 1 is 0.676 bits per heavy atom. The molecule has 0 aliphatic heterocycles. The monoisotopic (exact) mass is 548 g/mol. The Balaban J connectivity index is 0. The Hall–Kier alpha value is -0.170. The molecule has 0 aliphatic rings. The van der Waals surface area contributed by atoms with Gasteiger partial charge in [-0.2, -0.15) is 0 Å². The third-order valence-corrected chi connectivity index (χ3v) is 7.81. The molecule has 0 aliphatic carbocycles. The Bertz CT molecular complexity index is 539. The van der Waals surface area contributed by atoms with Gasteiger partial charge in [0.2, 0.25) is 0 Å². The molecule has 1 radical (unpaired) electrons. The molecular weight excluding hydrogens is 482 g/mol. The van der Waals surface area contributed by atoms with E-state index in [1.165, 1.54) is 128 Å². The molecular formula is C31H66NO4S. The van der Waals surface area contributed by atoms with E-state index in [2.05, 4.69) is 27.2 Å². The third kappa shape index (κ3) is 35.8. The SMILES string of the molecule is CCCCCCCCCCCC[N+](C)(C)CC(O)CS(=O)(=O)[O-].CC[CH]CCCCCCCCCCC. The van der Waals surface area contributed by atoms with Gasteiger partial charge in [0.1, 0.15) is 12.6 Å². The lowest BCUT2D eigenvalue weighted by Crippen LogP contribution is -2.47. The van der Waals surface area contributed by atoms with Crippen molar-refractivity contribution in [1.29, 1.82) is 0 Å². The predicted octanol–water partition coefficient (Wildman–Crippen LogP) is 8.41. The van der Waals surface area contributed by atoms with E-state index in [4.69, 9.17) is 0 Å². The summed E-state index contributed by atoms with van der Waals surface area (Å²) < 4.78 is 32.5. The number of unbranched alkanes of at least 4 members (excludes halogenated alkanes) is 20. The summed E-state index contributed by atoms with van der Waals surface area (Å²) in [6.07, 6.45) is 29.7. The van der Waals surface area contributed by atoms with Crippen LogP contribution in [-0.4, -0.2) is 61.6 Å². The minimum atomic E-state index is -4.35. The molecule has 0 heterocycles. The molecule has 1 N–H and O–H groups in total. The van der Waals surface area contributed by atoms with Crippen molar-refractivity contribution in [2.75, 3.05) is 32.9 Å². The zero-order chi connectivity index (χ0) is 28.3. The van der Waals surface area contributed by atoms with Crippen LogP contribution in [-0.2, 0) is 10.1 Å². The molecule has 0 amide bonds. The van der Waals surface area contributed by atoms with Gasteiger partial charge in [-0.1, -0.05) is 143 Å². The van der Waals surface area contributed by atoms with Gasteiger partial charge in [-0.05, 0) is 19.3 Å². The Morgan fingerprint density at radius 2 is 1.05 bits per heavy atom. The molecule has 225 valence electrons. The van der Waals surface area contributed by atoms with Crippen molar-refractivity contribution in [3.8, 4) is 0 Å². The maximum Gasteiger partial charge on any atom is 0.116 e. The van der Waals surface area contributed by atoms with Gasteiger partial charge in [0.05, 0.1) is 36.5 Å². The van der Waals surface area contributed by atoms with Crippen LogP contribution in [0.15, 0.2) is 0 Å². The van der Waals surface area contributed by atoms with Crippen LogP contribution in [0.2, 0.25) is 0 Å². The highest BCUT2D eigenvalue weighted by Gasteiger charge is 2.21. The molecule has 0 rings (SSSR count). The van der Waals surface area contributed by atoms with E-state index in [9.17, 15) is 18.1 Å². The molecule has 6 heteroatoms. The second-order valence-corrected chi connectivity index (χ2v) is 13.2. The summed E-state index contributed by atoms with van der Waals surface area (Å²) in [6.45, 7) is 7.95. The number of likely N-dealkylation sites (N-methyl/N-ethyl adjacent to an activating group) is 1. The normalized spacial score (nSPS) is 12.8. The summed E-state index contributed by atoms with van der Waals surface area (Å²) in [6, 6.07) is 0. The molecule has 0 aromatic heterocycles. The summed E-state index contributed by atoms with van der Waals surface area (Å²) in [4.78, 5) is 0. The minimum Gasteiger partial charge on any atom is -0.748 e. The number of hydrogen-bond donors (Lipinski definition) is 1. The first-order chi connectivity index (χ1) is 17.6. The number of hydrogen-bond acceptors (Lipinski definition) is 4. The maximum absolute atomic E-state index is 10.6. The number of aliphatic hydroxyl groups excluding tert-OH is 1. The van der Waals surface area contributed by atoms with E-state index in [1.54, 1.807) is 0 Å². The number of nitrogens with zero attached hydrogens (tertiary/aromatic N) is 1. The van der Waals surface area contributed by atoms with E-state index in [1.807, 2.05) is 14.1 Å². The van der Waals surface area contributed by atoms with Gasteiger partial charge in [0.25, 0.3) is 0 Å². The summed E-state index contributed by atoms with van der Waals surface area (Å²) in [7, 11) is -0.417. The van der Waals surface area contributed by atoms with Crippen molar-refractivity contribution in [2.45, 2.75) is 162 Å². The highest BCUT2D eigenvalue weighted by atomic mass is 32.2. The van der Waals surface area contributed by atoms with E-state index in [-0.39, 0.29) is 0 Å². The number of aliphatic hydroxyl groups is 1. The molecule has 1 atom stereocenters. The van der Waals surface area contributed by atoms with Crippen molar-refractivity contribution in [2.24, 2.45) is 0 Å². The van der Waals surface area contributed by atoms with Crippen molar-refractivity contribution >= 4 is 10.1 Å². The highest BCUT2D eigenvalue weighted by molar-refractivity contribution is 7.85. The number of rotatable bonds is 26. The van der Waals surface area contributed by atoms with Gasteiger partial charge >= 0.3 is 0 Å². The lowest BCUT2D eigenvalue weighted by Gasteiger charge is -2.32. The molecule has 0 fully saturated rings. The van der Waals surface area contributed by atoms with Crippen LogP contribution in [0.1, 0.15) is 156 Å². The summed E-state index contributed by atoms with van der Waals surface area (Å²) in [5.41, 5.74) is 0. The summed E-state index contributed by atoms with van der Waals surface area (Å²) >= 11 is 0. The van der Waals surface area contributed by atoms with Crippen LogP contribution in [0.25, 0.3) is 0 Å². The fourth-order valence-corrected chi connectivity index (χ4v) is 5.36. The van der Waals surface area contributed by atoms with Gasteiger partial charge in [-0.25, -0.2) is 8.42 Å². The number of quaternary nitrogens is 1. The second kappa shape index (κ2) is 27.4.